The van der Waals surface area contributed by atoms with E-state index >= 15 is 0 Å². The Kier molecular flexibility index (Phi) is 14.9. The fraction of sp³-hybridized carbons (Fsp3) is 0.404. The minimum atomic E-state index is -0.157. The number of aliphatic imine (C=N–C) groups is 1. The summed E-state index contributed by atoms with van der Waals surface area (Å²) in [5.41, 5.74) is 21.0. The lowest BCUT2D eigenvalue weighted by atomic mass is 9.88. The van der Waals surface area contributed by atoms with Crippen molar-refractivity contribution in [3.8, 4) is 22.4 Å². The molecular weight excluding hydrogens is 811 g/mol. The number of nitrogens with one attached hydrogen (secondary N) is 1. The number of halogens is 2. The van der Waals surface area contributed by atoms with Crippen LogP contribution in [0.5, 0.6) is 0 Å². The first-order chi connectivity index (χ1) is 29.3. The zero-order valence-corrected chi connectivity index (χ0v) is 38.2. The number of hydrogen-bond donors (Lipinski definition) is 2. The average molecular weight is 870 g/mol. The molecule has 0 saturated heterocycles. The molecule has 2 unspecified atom stereocenters. The average Bonchev–Trinajstić information content (AvgIpc) is 3.84. The lowest BCUT2D eigenvalue weighted by Gasteiger charge is -2.23. The number of aromatic nitrogens is 5. The van der Waals surface area contributed by atoms with E-state index in [1.54, 1.807) is 6.20 Å². The number of carbonyl (C=O) groups excluding carboxylic acids is 1. The molecule has 2 aliphatic carbocycles. The van der Waals surface area contributed by atoms with Crippen LogP contribution >= 0.6 is 23.2 Å². The van der Waals surface area contributed by atoms with Gasteiger partial charge >= 0.3 is 0 Å². The SMILES string of the molecule is C=O.CNC[C@@H](C)n1c(-c2cn(C)c3c2CC(/C(N)=N/c2ncccc2COOC)C=C3)c(CCCOC2C=C(C)C(Cl)=C(C)C2)c2ccc(Cl)c(-c3c(C)nn(C)c3C)c21. The first-order valence-electron chi connectivity index (χ1n) is 20.6. The van der Waals surface area contributed by atoms with E-state index in [1.165, 1.54) is 34.9 Å². The zero-order chi connectivity index (χ0) is 44.1. The fourth-order valence-corrected chi connectivity index (χ4v) is 9.31. The van der Waals surface area contributed by atoms with Gasteiger partial charge in [0.15, 0.2) is 5.82 Å². The molecule has 4 aromatic heterocycles. The summed E-state index contributed by atoms with van der Waals surface area (Å²) in [5.74, 6) is 0.837. The van der Waals surface area contributed by atoms with Gasteiger partial charge in [-0.05, 0) is 102 Å². The highest BCUT2D eigenvalue weighted by Gasteiger charge is 2.32. The Morgan fingerprint density at radius 3 is 2.57 bits per heavy atom. The van der Waals surface area contributed by atoms with E-state index in [9.17, 15) is 0 Å². The fourth-order valence-electron chi connectivity index (χ4n) is 8.92. The molecule has 7 rings (SSSR count). The highest BCUT2D eigenvalue weighted by Crippen LogP contribution is 2.47. The third-order valence-electron chi connectivity index (χ3n) is 11.8. The molecule has 61 heavy (non-hydrogen) atoms. The summed E-state index contributed by atoms with van der Waals surface area (Å²) in [4.78, 5) is 27.4. The van der Waals surface area contributed by atoms with E-state index in [1.807, 2.05) is 37.7 Å². The Morgan fingerprint density at radius 2 is 1.89 bits per heavy atom. The lowest BCUT2D eigenvalue weighted by Crippen LogP contribution is -2.26. The van der Waals surface area contributed by atoms with Crippen molar-refractivity contribution in [2.75, 3.05) is 27.3 Å². The van der Waals surface area contributed by atoms with E-state index < -0.39 is 0 Å². The van der Waals surface area contributed by atoms with Gasteiger partial charge in [-0.25, -0.2) is 19.8 Å². The number of carbonyl (C=O) groups is 1. The van der Waals surface area contributed by atoms with Crippen molar-refractivity contribution in [1.82, 2.24) is 29.2 Å². The normalized spacial score (nSPS) is 17.1. The van der Waals surface area contributed by atoms with E-state index in [0.717, 1.165) is 81.3 Å². The van der Waals surface area contributed by atoms with E-state index in [-0.39, 0.29) is 24.7 Å². The van der Waals surface area contributed by atoms with Crippen molar-refractivity contribution in [2.24, 2.45) is 30.7 Å². The van der Waals surface area contributed by atoms with Gasteiger partial charge in [-0.1, -0.05) is 53.1 Å². The number of nitrogens with zero attached hydrogens (tertiary/aromatic N) is 6. The number of hydrogen-bond acceptors (Lipinski definition) is 8. The lowest BCUT2D eigenvalue weighted by molar-refractivity contribution is -0.282. The Bertz CT molecular complexity index is 2530. The molecule has 3 atom stereocenters. The molecule has 12 nitrogen and oxygen atoms in total. The smallest absolute Gasteiger partial charge is 0.159 e. The van der Waals surface area contributed by atoms with Gasteiger partial charge in [-0.15, -0.1) is 0 Å². The minimum Gasteiger partial charge on any atom is -0.387 e. The summed E-state index contributed by atoms with van der Waals surface area (Å²) in [7, 11) is 7.59. The van der Waals surface area contributed by atoms with Crippen molar-refractivity contribution in [1.29, 1.82) is 0 Å². The third-order valence-corrected chi connectivity index (χ3v) is 12.7. The van der Waals surface area contributed by atoms with Crippen molar-refractivity contribution < 1.29 is 19.3 Å². The van der Waals surface area contributed by atoms with Crippen molar-refractivity contribution in [3.63, 3.8) is 0 Å². The second kappa shape index (κ2) is 19.9. The summed E-state index contributed by atoms with van der Waals surface area (Å²) in [6.45, 7) is 14.2. The molecule has 4 heterocycles. The van der Waals surface area contributed by atoms with Gasteiger partial charge < -0.3 is 29.7 Å². The maximum atomic E-state index is 8.00. The van der Waals surface area contributed by atoms with Crippen LogP contribution in [0.15, 0.2) is 70.0 Å². The summed E-state index contributed by atoms with van der Waals surface area (Å²) in [5, 5.41) is 11.0. The van der Waals surface area contributed by atoms with Gasteiger partial charge in [-0.2, -0.15) is 5.10 Å². The first kappa shape index (κ1) is 45.7. The van der Waals surface area contributed by atoms with E-state index in [4.69, 9.17) is 58.3 Å². The van der Waals surface area contributed by atoms with Crippen LogP contribution in [-0.4, -0.2) is 69.9 Å². The topological polar surface area (TPSA) is 136 Å². The molecule has 5 aromatic rings. The number of nitrogens with two attached hydrogens (primary N) is 1. The molecule has 2 aliphatic rings. The number of rotatable bonds is 15. The van der Waals surface area contributed by atoms with Gasteiger partial charge in [0.05, 0.1) is 35.1 Å². The van der Waals surface area contributed by atoms with Crippen LogP contribution in [0.2, 0.25) is 5.02 Å². The standard InChI is InChI=1S/C46H56Cl2N8O3.CH2O/c1-26-20-33(21-27(2)42(26)48)58-19-11-13-34-35-15-16-38(47)41(40-29(4)53-55(8)30(40)5)44(35)56(28(3)23-50-6)43(34)37-24-54(7)39-17-14-31(22-36(37)39)45(49)52-46-32(25-59-57-9)12-10-18-51-46;1-2/h10,12,14-18,20,24,28,31,33,50H,11,13,19,21-23,25H2,1-9H3,(H2,49,51,52);1H2/t28-,31?,33?;/m1./s1. The summed E-state index contributed by atoms with van der Waals surface area (Å²) in [6.07, 6.45) is 13.5. The number of aryl methyl sites for hydroxylation is 4. The highest BCUT2D eigenvalue weighted by atomic mass is 35.5. The largest absolute Gasteiger partial charge is 0.387 e. The van der Waals surface area contributed by atoms with Crippen molar-refractivity contribution >= 4 is 58.6 Å². The van der Waals surface area contributed by atoms with Gasteiger partial charge in [0, 0.05) is 95.7 Å². The number of pyridine rings is 1. The number of benzene rings is 1. The second-order valence-corrected chi connectivity index (χ2v) is 16.7. The molecule has 324 valence electrons. The first-order valence-corrected chi connectivity index (χ1v) is 21.3. The predicted octanol–water partition coefficient (Wildman–Crippen LogP) is 9.44. The third kappa shape index (κ3) is 9.21. The molecular formula is C47H58Cl2N8O4. The minimum absolute atomic E-state index is 0.00237. The Morgan fingerprint density at radius 1 is 1.11 bits per heavy atom. The van der Waals surface area contributed by atoms with Crippen LogP contribution in [0.3, 0.4) is 0 Å². The molecule has 0 amide bonds. The second-order valence-electron chi connectivity index (χ2n) is 15.9. The molecule has 0 fully saturated rings. The number of amidine groups is 1. The van der Waals surface area contributed by atoms with Gasteiger partial charge in [0.1, 0.15) is 19.2 Å². The number of likely N-dealkylation sites (N-methyl/N-ethyl adjacent to an activating group) is 1. The molecule has 0 aliphatic heterocycles. The van der Waals surface area contributed by atoms with Gasteiger partial charge in [0.25, 0.3) is 0 Å². The molecule has 0 spiro atoms. The molecule has 0 radical (unpaired) electrons. The van der Waals surface area contributed by atoms with E-state index in [0.29, 0.717) is 29.7 Å². The molecule has 1 aromatic carbocycles. The summed E-state index contributed by atoms with van der Waals surface area (Å²) < 4.78 is 13.2. The van der Waals surface area contributed by atoms with Crippen LogP contribution in [0, 0.1) is 19.8 Å². The Hall–Kier alpha value is -4.82. The Labute approximate surface area is 369 Å². The van der Waals surface area contributed by atoms with Crippen LogP contribution in [0.4, 0.5) is 5.82 Å². The molecule has 0 bridgehead atoms. The molecule has 3 N–H and O–H groups in total. The van der Waals surface area contributed by atoms with Crippen molar-refractivity contribution in [3.05, 3.63) is 104 Å². The van der Waals surface area contributed by atoms with Crippen molar-refractivity contribution in [2.45, 2.75) is 79.1 Å². The van der Waals surface area contributed by atoms with Crippen LogP contribution in [0.25, 0.3) is 39.4 Å². The highest BCUT2D eigenvalue weighted by molar-refractivity contribution is 6.35. The number of allylic oxidation sites excluding steroid dienone is 2. The van der Waals surface area contributed by atoms with Crippen LogP contribution in [-0.2, 0) is 52.9 Å². The van der Waals surface area contributed by atoms with E-state index in [2.05, 4.69) is 97.7 Å². The quantitative estimate of drug-likeness (QED) is 0.0350. The predicted molar refractivity (Wildman–Crippen MR) is 247 cm³/mol. The number of fused-ring (bicyclic) bond motifs is 2. The number of ether oxygens (including phenoxy) is 1. The molecule has 0 saturated carbocycles. The van der Waals surface area contributed by atoms with Crippen LogP contribution in [0.1, 0.15) is 73.4 Å². The Balaban J connectivity index is 0.00000307. The zero-order valence-electron chi connectivity index (χ0n) is 36.7. The summed E-state index contributed by atoms with van der Waals surface area (Å²) in [6, 6.07) is 8.07. The van der Waals surface area contributed by atoms with Crippen LogP contribution < -0.4 is 11.1 Å². The summed E-state index contributed by atoms with van der Waals surface area (Å²) >= 11 is 13.8. The monoisotopic (exact) mass is 868 g/mol. The molecule has 14 heteroatoms. The maximum absolute atomic E-state index is 8.00. The van der Waals surface area contributed by atoms with Gasteiger partial charge in [-0.3, -0.25) is 4.68 Å². The maximum Gasteiger partial charge on any atom is 0.159 e. The van der Waals surface area contributed by atoms with Gasteiger partial charge in [0.2, 0.25) is 0 Å².